The first-order chi connectivity index (χ1) is 7.74. The fourth-order valence-electron chi connectivity index (χ4n) is 3.27. The molecule has 0 aromatic carbocycles. The minimum absolute atomic E-state index is 0.401. The van der Waals surface area contributed by atoms with Gasteiger partial charge in [-0.25, -0.2) is 4.98 Å². The first-order valence-electron chi connectivity index (χ1n) is 6.21. The molecule has 2 fully saturated rings. The first-order valence-corrected chi connectivity index (χ1v) is 6.21. The number of piperidine rings is 1. The molecule has 1 aromatic rings. The second-order valence-corrected chi connectivity index (χ2v) is 5.16. The van der Waals surface area contributed by atoms with Crippen LogP contribution in [0.1, 0.15) is 31.4 Å². The van der Waals surface area contributed by atoms with Crippen LogP contribution in [0.15, 0.2) is 18.2 Å². The second kappa shape index (κ2) is 3.74. The Morgan fingerprint density at radius 2 is 1.94 bits per heavy atom. The zero-order valence-corrected chi connectivity index (χ0v) is 9.76. The number of rotatable bonds is 1. The first kappa shape index (κ1) is 10.1. The predicted octanol–water partition coefficient (Wildman–Crippen LogP) is 1.85. The van der Waals surface area contributed by atoms with Crippen molar-refractivity contribution >= 4 is 5.82 Å². The van der Waals surface area contributed by atoms with Crippen LogP contribution in [0.5, 0.6) is 0 Å². The van der Waals surface area contributed by atoms with Gasteiger partial charge in [0.25, 0.3) is 0 Å². The van der Waals surface area contributed by atoms with E-state index in [1.54, 1.807) is 0 Å². The summed E-state index contributed by atoms with van der Waals surface area (Å²) < 4.78 is 0. The van der Waals surface area contributed by atoms with Gasteiger partial charge in [-0.3, -0.25) is 0 Å². The van der Waals surface area contributed by atoms with E-state index in [1.165, 1.54) is 12.8 Å². The van der Waals surface area contributed by atoms with E-state index in [0.717, 1.165) is 24.4 Å². The lowest BCUT2D eigenvalue weighted by molar-refractivity contribution is 0.412. The molecule has 3 heteroatoms. The smallest absolute Gasteiger partial charge is 0.129 e. The van der Waals surface area contributed by atoms with Crippen molar-refractivity contribution in [3.8, 4) is 0 Å². The van der Waals surface area contributed by atoms with Gasteiger partial charge in [-0.2, -0.15) is 0 Å². The monoisotopic (exact) mass is 217 g/mol. The van der Waals surface area contributed by atoms with Gasteiger partial charge in [0.15, 0.2) is 0 Å². The molecular formula is C13H19N3. The maximum atomic E-state index is 6.08. The maximum absolute atomic E-state index is 6.08. The highest BCUT2D eigenvalue weighted by molar-refractivity contribution is 5.44. The SMILES string of the molecule is Cc1cccc(N2C3CCC2CC(N)C3)n1. The van der Waals surface area contributed by atoms with Crippen LogP contribution >= 0.6 is 0 Å². The van der Waals surface area contributed by atoms with Gasteiger partial charge in [0, 0.05) is 23.8 Å². The molecule has 2 saturated heterocycles. The van der Waals surface area contributed by atoms with Crippen LogP contribution in [0.2, 0.25) is 0 Å². The molecule has 2 aliphatic heterocycles. The summed E-state index contributed by atoms with van der Waals surface area (Å²) in [5.74, 6) is 1.15. The standard InChI is InChI=1S/C13H19N3/c1-9-3-2-4-13(15-9)16-11-5-6-12(16)8-10(14)7-11/h2-4,10-12H,5-8,14H2,1H3. The quantitative estimate of drug-likeness (QED) is 0.780. The van der Waals surface area contributed by atoms with Crippen molar-refractivity contribution in [1.29, 1.82) is 0 Å². The zero-order valence-electron chi connectivity index (χ0n) is 9.76. The van der Waals surface area contributed by atoms with Gasteiger partial charge in [0.2, 0.25) is 0 Å². The lowest BCUT2D eigenvalue weighted by Gasteiger charge is -2.38. The second-order valence-electron chi connectivity index (χ2n) is 5.16. The van der Waals surface area contributed by atoms with Gasteiger partial charge in [0.05, 0.1) is 0 Å². The van der Waals surface area contributed by atoms with Crippen LogP contribution in [-0.4, -0.2) is 23.1 Å². The van der Waals surface area contributed by atoms with Crippen molar-refractivity contribution in [2.75, 3.05) is 4.90 Å². The highest BCUT2D eigenvalue weighted by atomic mass is 15.3. The summed E-state index contributed by atoms with van der Waals surface area (Å²) in [7, 11) is 0. The van der Waals surface area contributed by atoms with Crippen molar-refractivity contribution in [2.45, 2.75) is 50.7 Å². The molecule has 2 N–H and O–H groups in total. The molecular weight excluding hydrogens is 198 g/mol. The summed E-state index contributed by atoms with van der Waals surface area (Å²) in [6.07, 6.45) is 4.83. The van der Waals surface area contributed by atoms with E-state index >= 15 is 0 Å². The minimum Gasteiger partial charge on any atom is -0.351 e. The molecule has 16 heavy (non-hydrogen) atoms. The van der Waals surface area contributed by atoms with E-state index < -0.39 is 0 Å². The Kier molecular flexibility index (Phi) is 2.36. The average molecular weight is 217 g/mol. The van der Waals surface area contributed by atoms with Crippen LogP contribution in [0.3, 0.4) is 0 Å². The van der Waals surface area contributed by atoms with Crippen LogP contribution < -0.4 is 10.6 Å². The van der Waals surface area contributed by atoms with Crippen LogP contribution in [0.4, 0.5) is 5.82 Å². The summed E-state index contributed by atoms with van der Waals surface area (Å²) in [4.78, 5) is 7.16. The number of hydrogen-bond acceptors (Lipinski definition) is 3. The summed E-state index contributed by atoms with van der Waals surface area (Å²) in [6, 6.07) is 7.95. The summed E-state index contributed by atoms with van der Waals surface area (Å²) in [5.41, 5.74) is 7.18. The van der Waals surface area contributed by atoms with Crippen LogP contribution in [0.25, 0.3) is 0 Å². The van der Waals surface area contributed by atoms with Crippen molar-refractivity contribution in [3.05, 3.63) is 23.9 Å². The third kappa shape index (κ3) is 1.59. The number of fused-ring (bicyclic) bond motifs is 2. The highest BCUT2D eigenvalue weighted by Gasteiger charge is 2.40. The van der Waals surface area contributed by atoms with Crippen molar-refractivity contribution in [3.63, 3.8) is 0 Å². The number of anilines is 1. The largest absolute Gasteiger partial charge is 0.351 e. The fourth-order valence-corrected chi connectivity index (χ4v) is 3.27. The van der Waals surface area contributed by atoms with Crippen molar-refractivity contribution < 1.29 is 0 Å². The van der Waals surface area contributed by atoms with Gasteiger partial charge < -0.3 is 10.6 Å². The normalized spacial score (nSPS) is 33.1. The lowest BCUT2D eigenvalue weighted by Crippen LogP contribution is -2.47. The number of hydrogen-bond donors (Lipinski definition) is 1. The van der Waals surface area contributed by atoms with E-state index in [2.05, 4.69) is 35.0 Å². The molecule has 3 nitrogen and oxygen atoms in total. The molecule has 0 spiro atoms. The lowest BCUT2D eigenvalue weighted by atomic mass is 9.98. The highest BCUT2D eigenvalue weighted by Crippen LogP contribution is 2.37. The van der Waals surface area contributed by atoms with E-state index in [1.807, 2.05) is 0 Å². The molecule has 2 bridgehead atoms. The third-order valence-electron chi connectivity index (χ3n) is 3.91. The number of pyridine rings is 1. The van der Waals surface area contributed by atoms with Gasteiger partial charge in [-0.15, -0.1) is 0 Å². The number of aryl methyl sites for hydroxylation is 1. The molecule has 0 saturated carbocycles. The molecule has 2 atom stereocenters. The van der Waals surface area contributed by atoms with Gasteiger partial charge in [-0.05, 0) is 44.7 Å². The minimum atomic E-state index is 0.401. The van der Waals surface area contributed by atoms with E-state index in [-0.39, 0.29) is 0 Å². The maximum Gasteiger partial charge on any atom is 0.129 e. The van der Waals surface area contributed by atoms with Gasteiger partial charge >= 0.3 is 0 Å². The van der Waals surface area contributed by atoms with E-state index in [4.69, 9.17) is 5.73 Å². The Hall–Kier alpha value is -1.09. The fraction of sp³-hybridized carbons (Fsp3) is 0.615. The van der Waals surface area contributed by atoms with E-state index in [0.29, 0.717) is 18.1 Å². The molecule has 3 rings (SSSR count). The van der Waals surface area contributed by atoms with Crippen molar-refractivity contribution in [1.82, 2.24) is 4.98 Å². The Bertz CT molecular complexity index is 377. The Labute approximate surface area is 96.7 Å². The predicted molar refractivity (Wildman–Crippen MR) is 65.5 cm³/mol. The average Bonchev–Trinajstić information content (AvgIpc) is 2.51. The molecule has 0 radical (unpaired) electrons. The van der Waals surface area contributed by atoms with Crippen LogP contribution in [0, 0.1) is 6.92 Å². The van der Waals surface area contributed by atoms with E-state index in [9.17, 15) is 0 Å². The van der Waals surface area contributed by atoms with Crippen molar-refractivity contribution in [2.24, 2.45) is 5.73 Å². The molecule has 1 aromatic heterocycles. The molecule has 0 amide bonds. The molecule has 2 unspecified atom stereocenters. The van der Waals surface area contributed by atoms with Gasteiger partial charge in [0.1, 0.15) is 5.82 Å². The Morgan fingerprint density at radius 3 is 2.56 bits per heavy atom. The number of aromatic nitrogens is 1. The summed E-state index contributed by atoms with van der Waals surface area (Å²) >= 11 is 0. The zero-order chi connectivity index (χ0) is 11.1. The topological polar surface area (TPSA) is 42.1 Å². The Morgan fingerprint density at radius 1 is 1.25 bits per heavy atom. The number of nitrogens with zero attached hydrogens (tertiary/aromatic N) is 2. The molecule has 86 valence electrons. The molecule has 3 heterocycles. The van der Waals surface area contributed by atoms with Gasteiger partial charge in [-0.1, -0.05) is 6.07 Å². The number of nitrogens with two attached hydrogens (primary N) is 1. The summed E-state index contributed by atoms with van der Waals surface area (Å²) in [5, 5.41) is 0. The molecule has 0 aliphatic carbocycles. The third-order valence-corrected chi connectivity index (χ3v) is 3.91. The summed E-state index contributed by atoms with van der Waals surface area (Å²) in [6.45, 7) is 2.06. The van der Waals surface area contributed by atoms with Crippen LogP contribution in [-0.2, 0) is 0 Å². The molecule has 2 aliphatic rings. The Balaban J connectivity index is 1.91.